The molecule has 1 heterocycles. The smallest absolute Gasteiger partial charge is 0.343 e. The molecule has 58 valence electrons. The Bertz CT molecular complexity index is 300. The van der Waals surface area contributed by atoms with Crippen LogP contribution in [0.1, 0.15) is 10.4 Å². The monoisotopic (exact) mass is 217 g/mol. The average molecular weight is 218 g/mol. The Balaban J connectivity index is 3.23. The van der Waals surface area contributed by atoms with E-state index in [4.69, 9.17) is 5.11 Å². The van der Waals surface area contributed by atoms with E-state index in [1.54, 1.807) is 0 Å². The van der Waals surface area contributed by atoms with Crippen molar-refractivity contribution in [2.75, 3.05) is 0 Å². The molecule has 1 N–H and O–H groups in total. The van der Waals surface area contributed by atoms with Crippen molar-refractivity contribution in [2.45, 2.75) is 0 Å². The first-order valence-electron chi connectivity index (χ1n) is 2.73. The van der Waals surface area contributed by atoms with Gasteiger partial charge in [0.15, 0.2) is 12.4 Å². The number of carboxylic acids is 1. The summed E-state index contributed by atoms with van der Waals surface area (Å²) in [4.78, 5) is 10.4. The van der Waals surface area contributed by atoms with Crippen LogP contribution in [0.2, 0.25) is 0 Å². The summed E-state index contributed by atoms with van der Waals surface area (Å²) in [5, 5.41) is 19.1. The molecule has 1 rings (SSSR count). The molecule has 0 aliphatic rings. The Morgan fingerprint density at radius 1 is 1.73 bits per heavy atom. The number of aromatic carboxylic acids is 1. The molecule has 0 saturated carbocycles. The summed E-state index contributed by atoms with van der Waals surface area (Å²) >= 11 is 3.00. The van der Waals surface area contributed by atoms with E-state index in [-0.39, 0.29) is 5.56 Å². The maximum atomic E-state index is 10.6. The lowest BCUT2D eigenvalue weighted by Gasteiger charge is -1.98. The van der Waals surface area contributed by atoms with Crippen LogP contribution in [0.5, 0.6) is 0 Å². The number of halogens is 1. The fraction of sp³-hybridized carbons (Fsp3) is 0. The first kappa shape index (κ1) is 8.00. The van der Waals surface area contributed by atoms with Crippen LogP contribution >= 0.6 is 15.9 Å². The fourth-order valence-electron chi connectivity index (χ4n) is 0.618. The molecule has 11 heavy (non-hydrogen) atoms. The van der Waals surface area contributed by atoms with Gasteiger partial charge in [-0.25, -0.2) is 4.79 Å². The highest BCUT2D eigenvalue weighted by molar-refractivity contribution is 9.10. The topological polar surface area (TPSA) is 64.2 Å². The van der Waals surface area contributed by atoms with Gasteiger partial charge in [-0.05, 0) is 15.9 Å². The van der Waals surface area contributed by atoms with Crippen LogP contribution in [0.15, 0.2) is 22.9 Å². The molecule has 1 aromatic heterocycles. The Kier molecular flexibility index (Phi) is 2.09. The number of pyridine rings is 1. The predicted molar refractivity (Wildman–Crippen MR) is 40.1 cm³/mol. The first-order chi connectivity index (χ1) is 5.11. The molecule has 0 bridgehead atoms. The number of carbonyl (C=O) groups is 1. The molecular formula is C6H4BrNO3. The lowest BCUT2D eigenvalue weighted by atomic mass is 10.3. The van der Waals surface area contributed by atoms with Gasteiger partial charge < -0.3 is 10.3 Å². The quantitative estimate of drug-likeness (QED) is 0.559. The molecular weight excluding hydrogens is 214 g/mol. The van der Waals surface area contributed by atoms with Gasteiger partial charge in [-0.15, -0.1) is 0 Å². The van der Waals surface area contributed by atoms with Crippen LogP contribution in [0.3, 0.4) is 0 Å². The van der Waals surface area contributed by atoms with Gasteiger partial charge >= 0.3 is 5.97 Å². The summed E-state index contributed by atoms with van der Waals surface area (Å²) in [5.41, 5.74) is -0.0394. The zero-order valence-electron chi connectivity index (χ0n) is 5.32. The third-order valence-electron chi connectivity index (χ3n) is 1.11. The van der Waals surface area contributed by atoms with Gasteiger partial charge in [-0.3, -0.25) is 0 Å². The Morgan fingerprint density at radius 2 is 2.36 bits per heavy atom. The third kappa shape index (κ3) is 1.68. The average Bonchev–Trinajstić information content (AvgIpc) is 1.94. The number of hydrogen-bond donors (Lipinski definition) is 1. The standard InChI is InChI=1S/C6H4BrNO3/c7-5-1-2-8(11)3-4(5)6(9)10/h1-3H,(H,9,10). The van der Waals surface area contributed by atoms with E-state index < -0.39 is 5.97 Å². The first-order valence-corrected chi connectivity index (χ1v) is 3.52. The fourth-order valence-corrected chi connectivity index (χ4v) is 1.01. The second-order valence-electron chi connectivity index (χ2n) is 1.87. The lowest BCUT2D eigenvalue weighted by molar-refractivity contribution is -0.605. The maximum absolute atomic E-state index is 10.6. The third-order valence-corrected chi connectivity index (χ3v) is 1.80. The van der Waals surface area contributed by atoms with Crippen LogP contribution < -0.4 is 4.73 Å². The molecule has 0 aromatic carbocycles. The van der Waals surface area contributed by atoms with Gasteiger partial charge in [0, 0.05) is 10.5 Å². The number of rotatable bonds is 1. The van der Waals surface area contributed by atoms with Gasteiger partial charge in [0.25, 0.3) is 0 Å². The molecule has 0 radical (unpaired) electrons. The van der Waals surface area contributed by atoms with Gasteiger partial charge in [-0.1, -0.05) is 0 Å². The highest BCUT2D eigenvalue weighted by Crippen LogP contribution is 2.12. The second-order valence-corrected chi connectivity index (χ2v) is 2.73. The summed E-state index contributed by atoms with van der Waals surface area (Å²) in [7, 11) is 0. The van der Waals surface area contributed by atoms with E-state index in [1.807, 2.05) is 0 Å². The van der Waals surface area contributed by atoms with Crippen LogP contribution in [0.4, 0.5) is 0 Å². The zero-order valence-corrected chi connectivity index (χ0v) is 6.91. The molecule has 0 amide bonds. The number of carboxylic acid groups (broad SMARTS) is 1. The van der Waals surface area contributed by atoms with E-state index in [0.717, 1.165) is 6.20 Å². The van der Waals surface area contributed by atoms with Gasteiger partial charge in [-0.2, -0.15) is 4.73 Å². The summed E-state index contributed by atoms with van der Waals surface area (Å²) in [6, 6.07) is 1.39. The Morgan fingerprint density at radius 3 is 2.82 bits per heavy atom. The van der Waals surface area contributed by atoms with Crippen molar-refractivity contribution in [1.29, 1.82) is 0 Å². The largest absolute Gasteiger partial charge is 0.619 e. The van der Waals surface area contributed by atoms with E-state index >= 15 is 0 Å². The molecule has 0 atom stereocenters. The van der Waals surface area contributed by atoms with Crippen molar-refractivity contribution in [1.82, 2.24) is 0 Å². The summed E-state index contributed by atoms with van der Waals surface area (Å²) < 4.78 is 0.839. The zero-order chi connectivity index (χ0) is 8.43. The minimum Gasteiger partial charge on any atom is -0.619 e. The molecule has 0 aliphatic heterocycles. The van der Waals surface area contributed by atoms with Crippen molar-refractivity contribution < 1.29 is 14.6 Å². The molecule has 0 spiro atoms. The van der Waals surface area contributed by atoms with Crippen LogP contribution in [-0.2, 0) is 0 Å². The van der Waals surface area contributed by atoms with Crippen molar-refractivity contribution >= 4 is 21.9 Å². The maximum Gasteiger partial charge on any atom is 0.343 e. The van der Waals surface area contributed by atoms with Crippen LogP contribution in [0, 0.1) is 5.21 Å². The van der Waals surface area contributed by atoms with Crippen LogP contribution in [-0.4, -0.2) is 11.1 Å². The molecule has 0 saturated heterocycles. The SMILES string of the molecule is O=C(O)c1c[n+]([O-])ccc1Br. The van der Waals surface area contributed by atoms with Crippen molar-refractivity contribution in [2.24, 2.45) is 0 Å². The normalized spacial score (nSPS) is 9.55. The molecule has 0 aliphatic carbocycles. The summed E-state index contributed by atoms with van der Waals surface area (Å²) in [5.74, 6) is -1.12. The minimum absolute atomic E-state index is 0.0394. The Hall–Kier alpha value is -1.10. The minimum atomic E-state index is -1.12. The molecule has 4 nitrogen and oxygen atoms in total. The van der Waals surface area contributed by atoms with E-state index in [9.17, 15) is 10.0 Å². The summed E-state index contributed by atoms with van der Waals surface area (Å²) in [6.45, 7) is 0. The van der Waals surface area contributed by atoms with Gasteiger partial charge in [0.1, 0.15) is 5.56 Å². The molecule has 5 heteroatoms. The van der Waals surface area contributed by atoms with Crippen molar-refractivity contribution in [3.05, 3.63) is 33.7 Å². The second kappa shape index (κ2) is 2.87. The predicted octanol–water partition coefficient (Wildman–Crippen LogP) is 0.781. The number of aromatic nitrogens is 1. The highest BCUT2D eigenvalue weighted by atomic mass is 79.9. The lowest BCUT2D eigenvalue weighted by Crippen LogP contribution is -2.26. The molecule has 1 aromatic rings. The highest BCUT2D eigenvalue weighted by Gasteiger charge is 2.10. The summed E-state index contributed by atoms with van der Waals surface area (Å²) in [6.07, 6.45) is 2.21. The van der Waals surface area contributed by atoms with E-state index in [0.29, 0.717) is 9.20 Å². The van der Waals surface area contributed by atoms with Crippen molar-refractivity contribution in [3.63, 3.8) is 0 Å². The molecule has 0 unspecified atom stereocenters. The number of nitrogens with zero attached hydrogens (tertiary/aromatic N) is 1. The molecule has 0 fully saturated rings. The Labute approximate surface area is 70.8 Å². The van der Waals surface area contributed by atoms with Crippen LogP contribution in [0.25, 0.3) is 0 Å². The van der Waals surface area contributed by atoms with Gasteiger partial charge in [0.2, 0.25) is 0 Å². The van der Waals surface area contributed by atoms with E-state index in [2.05, 4.69) is 15.9 Å². The van der Waals surface area contributed by atoms with Crippen molar-refractivity contribution in [3.8, 4) is 0 Å². The van der Waals surface area contributed by atoms with Gasteiger partial charge in [0.05, 0.1) is 0 Å². The van der Waals surface area contributed by atoms with E-state index in [1.165, 1.54) is 12.3 Å². The number of hydrogen-bond acceptors (Lipinski definition) is 2.